The highest BCUT2D eigenvalue weighted by molar-refractivity contribution is 5.94. The summed E-state index contributed by atoms with van der Waals surface area (Å²) in [6.45, 7) is 6.13. The monoisotopic (exact) mass is 351 g/mol. The molecule has 2 aromatic heterocycles. The van der Waals surface area contributed by atoms with Gasteiger partial charge in [-0.1, -0.05) is 0 Å². The van der Waals surface area contributed by atoms with E-state index in [1.807, 2.05) is 18.2 Å². The van der Waals surface area contributed by atoms with Crippen molar-refractivity contribution in [1.82, 2.24) is 10.3 Å². The van der Waals surface area contributed by atoms with Crippen LogP contribution in [0.15, 0.2) is 58.0 Å². The van der Waals surface area contributed by atoms with Gasteiger partial charge in [-0.25, -0.2) is 4.79 Å². The van der Waals surface area contributed by atoms with Crippen molar-refractivity contribution in [3.63, 3.8) is 0 Å². The third kappa shape index (κ3) is 3.74. The zero-order valence-electron chi connectivity index (χ0n) is 14.9. The van der Waals surface area contributed by atoms with Gasteiger partial charge in [-0.15, -0.1) is 0 Å². The van der Waals surface area contributed by atoms with Crippen LogP contribution in [-0.4, -0.2) is 24.0 Å². The number of amides is 1. The summed E-state index contributed by atoms with van der Waals surface area (Å²) in [5.41, 5.74) is 2.29. The SMILES string of the molecule is CCN(CC)c1ccc2c(CNC(=O)c3cccnc3)cc(=O)oc2c1. The van der Waals surface area contributed by atoms with Crippen molar-refractivity contribution in [2.45, 2.75) is 20.4 Å². The average molecular weight is 351 g/mol. The highest BCUT2D eigenvalue weighted by Gasteiger charge is 2.11. The van der Waals surface area contributed by atoms with E-state index < -0.39 is 5.63 Å². The quantitative estimate of drug-likeness (QED) is 0.691. The molecule has 0 atom stereocenters. The number of hydrogen-bond donors (Lipinski definition) is 1. The van der Waals surface area contributed by atoms with Gasteiger partial charge in [0.15, 0.2) is 0 Å². The smallest absolute Gasteiger partial charge is 0.336 e. The molecule has 6 nitrogen and oxygen atoms in total. The number of rotatable bonds is 6. The summed E-state index contributed by atoms with van der Waals surface area (Å²) in [5.74, 6) is -0.237. The van der Waals surface area contributed by atoms with Crippen LogP contribution < -0.4 is 15.8 Å². The minimum atomic E-state index is -0.431. The summed E-state index contributed by atoms with van der Waals surface area (Å²) in [5, 5.41) is 3.64. The number of anilines is 1. The summed E-state index contributed by atoms with van der Waals surface area (Å²) in [6.07, 6.45) is 3.11. The normalized spacial score (nSPS) is 10.7. The Morgan fingerprint density at radius 2 is 2.00 bits per heavy atom. The van der Waals surface area contributed by atoms with Gasteiger partial charge in [0.05, 0.1) is 5.56 Å². The third-order valence-corrected chi connectivity index (χ3v) is 4.31. The molecule has 0 saturated carbocycles. The van der Waals surface area contributed by atoms with Gasteiger partial charge in [0, 0.05) is 55.2 Å². The molecule has 0 aliphatic heterocycles. The first-order chi connectivity index (χ1) is 12.6. The third-order valence-electron chi connectivity index (χ3n) is 4.31. The lowest BCUT2D eigenvalue weighted by Crippen LogP contribution is -2.24. The Morgan fingerprint density at radius 1 is 1.19 bits per heavy atom. The fraction of sp³-hybridized carbons (Fsp3) is 0.250. The van der Waals surface area contributed by atoms with E-state index in [4.69, 9.17) is 4.42 Å². The Labute approximate surface area is 151 Å². The Hall–Kier alpha value is -3.15. The minimum Gasteiger partial charge on any atom is -0.423 e. The standard InChI is InChI=1S/C20H21N3O3/c1-3-23(4-2)16-7-8-17-15(10-19(24)26-18(17)11-16)13-22-20(25)14-6-5-9-21-12-14/h5-12H,3-4,13H2,1-2H3,(H,22,25). The first-order valence-corrected chi connectivity index (χ1v) is 8.62. The maximum atomic E-state index is 12.2. The van der Waals surface area contributed by atoms with Crippen molar-refractivity contribution in [2.75, 3.05) is 18.0 Å². The lowest BCUT2D eigenvalue weighted by molar-refractivity contribution is 0.0950. The number of fused-ring (bicyclic) bond motifs is 1. The lowest BCUT2D eigenvalue weighted by atomic mass is 10.1. The fourth-order valence-electron chi connectivity index (χ4n) is 2.92. The van der Waals surface area contributed by atoms with E-state index in [-0.39, 0.29) is 12.5 Å². The van der Waals surface area contributed by atoms with Gasteiger partial charge in [-0.2, -0.15) is 0 Å². The highest BCUT2D eigenvalue weighted by atomic mass is 16.4. The molecule has 134 valence electrons. The van der Waals surface area contributed by atoms with Crippen LogP contribution in [0.4, 0.5) is 5.69 Å². The van der Waals surface area contributed by atoms with Crippen LogP contribution in [0.2, 0.25) is 0 Å². The number of carbonyl (C=O) groups excluding carboxylic acids is 1. The number of pyridine rings is 1. The Kier molecular flexibility index (Phi) is 5.31. The Bertz CT molecular complexity index is 963. The molecule has 26 heavy (non-hydrogen) atoms. The van der Waals surface area contributed by atoms with Crippen molar-refractivity contribution in [2.24, 2.45) is 0 Å². The minimum absolute atomic E-state index is 0.237. The zero-order chi connectivity index (χ0) is 18.5. The molecular weight excluding hydrogens is 330 g/mol. The molecule has 0 bridgehead atoms. The number of nitrogens with one attached hydrogen (secondary N) is 1. The molecule has 0 aliphatic carbocycles. The van der Waals surface area contributed by atoms with Gasteiger partial charge >= 0.3 is 5.63 Å². The van der Waals surface area contributed by atoms with Crippen LogP contribution in [0.3, 0.4) is 0 Å². The van der Waals surface area contributed by atoms with Gasteiger partial charge in [-0.05, 0) is 43.7 Å². The van der Waals surface area contributed by atoms with Gasteiger partial charge in [0.25, 0.3) is 5.91 Å². The number of aromatic nitrogens is 1. The van der Waals surface area contributed by atoms with Crippen molar-refractivity contribution in [1.29, 1.82) is 0 Å². The molecule has 0 radical (unpaired) electrons. The van der Waals surface area contributed by atoms with Gasteiger partial charge in [0.1, 0.15) is 5.58 Å². The molecule has 3 rings (SSSR count). The van der Waals surface area contributed by atoms with Crippen LogP contribution in [-0.2, 0) is 6.54 Å². The van der Waals surface area contributed by atoms with E-state index in [0.717, 1.165) is 29.7 Å². The fourth-order valence-corrected chi connectivity index (χ4v) is 2.92. The van der Waals surface area contributed by atoms with Crippen molar-refractivity contribution >= 4 is 22.6 Å². The van der Waals surface area contributed by atoms with E-state index in [1.165, 1.54) is 12.3 Å². The van der Waals surface area contributed by atoms with E-state index in [1.54, 1.807) is 18.3 Å². The molecule has 1 aromatic carbocycles. The molecule has 0 fully saturated rings. The average Bonchev–Trinajstić information content (AvgIpc) is 2.67. The van der Waals surface area contributed by atoms with Crippen LogP contribution in [0.1, 0.15) is 29.8 Å². The van der Waals surface area contributed by atoms with Crippen molar-refractivity contribution in [3.8, 4) is 0 Å². The first-order valence-electron chi connectivity index (χ1n) is 8.62. The largest absolute Gasteiger partial charge is 0.423 e. The second-order valence-corrected chi connectivity index (χ2v) is 5.87. The Balaban J connectivity index is 1.88. The van der Waals surface area contributed by atoms with Crippen LogP contribution in [0.5, 0.6) is 0 Å². The van der Waals surface area contributed by atoms with Crippen LogP contribution in [0.25, 0.3) is 11.0 Å². The maximum Gasteiger partial charge on any atom is 0.336 e. The van der Waals surface area contributed by atoms with Crippen molar-refractivity contribution in [3.05, 3.63) is 70.3 Å². The van der Waals surface area contributed by atoms with E-state index in [2.05, 4.69) is 29.0 Å². The predicted octanol–water partition coefficient (Wildman–Crippen LogP) is 2.96. The van der Waals surface area contributed by atoms with Crippen LogP contribution >= 0.6 is 0 Å². The lowest BCUT2D eigenvalue weighted by Gasteiger charge is -2.21. The molecular formula is C20H21N3O3. The summed E-state index contributed by atoms with van der Waals surface area (Å²) >= 11 is 0. The Morgan fingerprint density at radius 3 is 2.69 bits per heavy atom. The zero-order valence-corrected chi connectivity index (χ0v) is 14.9. The van der Waals surface area contributed by atoms with E-state index in [9.17, 15) is 9.59 Å². The topological polar surface area (TPSA) is 75.4 Å². The molecule has 0 aliphatic rings. The molecule has 0 spiro atoms. The maximum absolute atomic E-state index is 12.2. The second kappa shape index (κ2) is 7.82. The summed E-state index contributed by atoms with van der Waals surface area (Å²) in [6, 6.07) is 10.6. The molecule has 6 heteroatoms. The molecule has 1 N–H and O–H groups in total. The number of benzene rings is 1. The summed E-state index contributed by atoms with van der Waals surface area (Å²) in [7, 11) is 0. The first kappa shape index (κ1) is 17.7. The molecule has 3 aromatic rings. The molecule has 1 amide bonds. The summed E-state index contributed by atoms with van der Waals surface area (Å²) < 4.78 is 5.37. The molecule has 2 heterocycles. The van der Waals surface area contributed by atoms with Crippen LogP contribution in [0, 0.1) is 0 Å². The van der Waals surface area contributed by atoms with Crippen molar-refractivity contribution < 1.29 is 9.21 Å². The molecule has 0 saturated heterocycles. The number of hydrogen-bond acceptors (Lipinski definition) is 5. The molecule has 0 unspecified atom stereocenters. The summed E-state index contributed by atoms with van der Waals surface area (Å²) in [4.78, 5) is 30.3. The number of nitrogens with zero attached hydrogens (tertiary/aromatic N) is 2. The second-order valence-electron chi connectivity index (χ2n) is 5.87. The highest BCUT2D eigenvalue weighted by Crippen LogP contribution is 2.23. The predicted molar refractivity (Wildman–Crippen MR) is 101 cm³/mol. The van der Waals surface area contributed by atoms with Gasteiger partial charge in [-0.3, -0.25) is 9.78 Å². The van der Waals surface area contributed by atoms with E-state index in [0.29, 0.717) is 11.1 Å². The van der Waals surface area contributed by atoms with Gasteiger partial charge in [0.2, 0.25) is 0 Å². The van der Waals surface area contributed by atoms with E-state index >= 15 is 0 Å². The van der Waals surface area contributed by atoms with Gasteiger partial charge < -0.3 is 14.6 Å². The number of carbonyl (C=O) groups is 1.